The van der Waals surface area contributed by atoms with Crippen LogP contribution in [0.25, 0.3) is 0 Å². The molecule has 0 atom stereocenters. The molecule has 0 aliphatic heterocycles. The van der Waals surface area contributed by atoms with Crippen LogP contribution in [0.1, 0.15) is 107 Å². The molecule has 0 unspecified atom stereocenters. The summed E-state index contributed by atoms with van der Waals surface area (Å²) >= 11 is 0. The zero-order valence-corrected chi connectivity index (χ0v) is 19.0. The third-order valence-electron chi connectivity index (χ3n) is 7.79. The van der Waals surface area contributed by atoms with E-state index < -0.39 is 0 Å². The van der Waals surface area contributed by atoms with E-state index in [-0.39, 0.29) is 18.1 Å². The van der Waals surface area contributed by atoms with Gasteiger partial charge in [-0.3, -0.25) is 4.39 Å². The molecule has 0 amide bonds. The van der Waals surface area contributed by atoms with Crippen LogP contribution in [0, 0.1) is 34.9 Å². The SMILES string of the molecule is N#Cc1ccc(C2CCC(CC[C@H]3CC[C@H](CC/C=C/CCCF)CC3)CC2)cc1F. The fourth-order valence-electron chi connectivity index (χ4n) is 5.70. The molecule has 0 bridgehead atoms. The molecule has 1 aromatic rings. The van der Waals surface area contributed by atoms with Crippen molar-refractivity contribution in [3.05, 3.63) is 47.3 Å². The lowest BCUT2D eigenvalue weighted by Gasteiger charge is -2.32. The molecule has 0 saturated heterocycles. The Morgan fingerprint density at radius 2 is 1.42 bits per heavy atom. The standard InChI is InChI=1S/C28H39F2N/c29-19-5-3-1-2-4-6-22-7-9-23(10-8-22)11-12-24-13-15-25(16-14-24)26-17-18-27(21-31)28(30)20-26/h1-2,17-18,20,22-25H,3-16,19H2/b2-1+/t22-,23-,24?,25?. The van der Waals surface area contributed by atoms with Crippen LogP contribution in [0.5, 0.6) is 0 Å². The normalized spacial score (nSPS) is 26.7. The second-order valence-corrected chi connectivity index (χ2v) is 9.91. The number of allylic oxidation sites excluding steroid dienone is 2. The molecule has 0 spiro atoms. The number of halogens is 2. The molecule has 0 heterocycles. The van der Waals surface area contributed by atoms with Gasteiger partial charge in [-0.2, -0.15) is 5.26 Å². The van der Waals surface area contributed by atoms with Crippen molar-refractivity contribution in [2.24, 2.45) is 17.8 Å². The molecule has 2 saturated carbocycles. The number of rotatable bonds is 10. The highest BCUT2D eigenvalue weighted by Crippen LogP contribution is 2.40. The molecular weight excluding hydrogens is 388 g/mol. The van der Waals surface area contributed by atoms with Gasteiger partial charge in [-0.25, -0.2) is 4.39 Å². The van der Waals surface area contributed by atoms with Crippen LogP contribution in [0.2, 0.25) is 0 Å². The van der Waals surface area contributed by atoms with E-state index in [1.54, 1.807) is 12.1 Å². The number of nitriles is 1. The Labute approximate surface area is 187 Å². The van der Waals surface area contributed by atoms with Crippen LogP contribution in [-0.4, -0.2) is 6.67 Å². The average molecular weight is 428 g/mol. The Bertz CT molecular complexity index is 719. The number of hydrogen-bond acceptors (Lipinski definition) is 1. The fourth-order valence-corrected chi connectivity index (χ4v) is 5.70. The molecule has 1 aromatic carbocycles. The zero-order chi connectivity index (χ0) is 21.9. The minimum atomic E-state index is -0.370. The highest BCUT2D eigenvalue weighted by Gasteiger charge is 2.25. The maximum atomic E-state index is 13.9. The summed E-state index contributed by atoms with van der Waals surface area (Å²) in [6.07, 6.45) is 21.6. The topological polar surface area (TPSA) is 23.8 Å². The van der Waals surface area contributed by atoms with Crippen molar-refractivity contribution in [3.63, 3.8) is 0 Å². The summed E-state index contributed by atoms with van der Waals surface area (Å²) in [5.41, 5.74) is 1.22. The first-order chi connectivity index (χ1) is 15.2. The van der Waals surface area contributed by atoms with Crippen LogP contribution >= 0.6 is 0 Å². The first-order valence-corrected chi connectivity index (χ1v) is 12.6. The van der Waals surface area contributed by atoms with Gasteiger partial charge in [-0.15, -0.1) is 0 Å². The van der Waals surface area contributed by atoms with E-state index in [1.165, 1.54) is 57.8 Å². The Hall–Kier alpha value is -1.69. The predicted molar refractivity (Wildman–Crippen MR) is 124 cm³/mol. The van der Waals surface area contributed by atoms with Gasteiger partial charge in [-0.1, -0.05) is 56.7 Å². The van der Waals surface area contributed by atoms with Gasteiger partial charge >= 0.3 is 0 Å². The van der Waals surface area contributed by atoms with Crippen molar-refractivity contribution in [1.29, 1.82) is 5.26 Å². The lowest BCUT2D eigenvalue weighted by atomic mass is 9.74. The third kappa shape index (κ3) is 7.74. The summed E-state index contributed by atoms with van der Waals surface area (Å²) in [5.74, 6) is 2.74. The van der Waals surface area contributed by atoms with Gasteiger partial charge in [0.25, 0.3) is 0 Å². The van der Waals surface area contributed by atoms with Gasteiger partial charge < -0.3 is 0 Å². The van der Waals surface area contributed by atoms with Gasteiger partial charge in [0, 0.05) is 0 Å². The van der Waals surface area contributed by atoms with Crippen molar-refractivity contribution in [1.82, 2.24) is 0 Å². The molecule has 3 heteroatoms. The van der Waals surface area contributed by atoms with E-state index in [0.29, 0.717) is 12.3 Å². The lowest BCUT2D eigenvalue weighted by molar-refractivity contribution is 0.225. The van der Waals surface area contributed by atoms with Gasteiger partial charge in [0.1, 0.15) is 11.9 Å². The van der Waals surface area contributed by atoms with Gasteiger partial charge in [0.15, 0.2) is 0 Å². The Kier molecular flexibility index (Phi) is 10.0. The second kappa shape index (κ2) is 13.0. The first-order valence-electron chi connectivity index (χ1n) is 12.6. The van der Waals surface area contributed by atoms with Crippen LogP contribution in [0.3, 0.4) is 0 Å². The molecule has 0 N–H and O–H groups in total. The van der Waals surface area contributed by atoms with Crippen molar-refractivity contribution in [2.45, 2.75) is 95.8 Å². The number of benzene rings is 1. The Morgan fingerprint density at radius 3 is 2.00 bits per heavy atom. The summed E-state index contributed by atoms with van der Waals surface area (Å²) in [7, 11) is 0. The summed E-state index contributed by atoms with van der Waals surface area (Å²) in [5, 5.41) is 8.91. The minimum absolute atomic E-state index is 0.150. The van der Waals surface area contributed by atoms with E-state index in [0.717, 1.165) is 49.0 Å². The van der Waals surface area contributed by atoms with Gasteiger partial charge in [-0.05, 0) is 92.7 Å². The summed E-state index contributed by atoms with van der Waals surface area (Å²) < 4.78 is 26.0. The summed E-state index contributed by atoms with van der Waals surface area (Å²) in [6, 6.07) is 7.08. The summed E-state index contributed by atoms with van der Waals surface area (Å²) in [4.78, 5) is 0. The predicted octanol–water partition coefficient (Wildman–Crippen LogP) is 8.64. The van der Waals surface area contributed by atoms with E-state index in [9.17, 15) is 8.78 Å². The number of alkyl halides is 1. The van der Waals surface area contributed by atoms with E-state index in [4.69, 9.17) is 5.26 Å². The van der Waals surface area contributed by atoms with Crippen molar-refractivity contribution in [2.75, 3.05) is 6.67 Å². The maximum Gasteiger partial charge on any atom is 0.141 e. The zero-order valence-electron chi connectivity index (χ0n) is 19.0. The largest absolute Gasteiger partial charge is 0.251 e. The molecule has 170 valence electrons. The smallest absolute Gasteiger partial charge is 0.141 e. The second-order valence-electron chi connectivity index (χ2n) is 9.91. The molecule has 0 aromatic heterocycles. The molecule has 1 nitrogen and oxygen atoms in total. The van der Waals surface area contributed by atoms with Crippen LogP contribution in [-0.2, 0) is 0 Å². The van der Waals surface area contributed by atoms with Crippen LogP contribution in [0.4, 0.5) is 8.78 Å². The molecule has 31 heavy (non-hydrogen) atoms. The lowest BCUT2D eigenvalue weighted by Crippen LogP contribution is -2.18. The quantitative estimate of drug-likeness (QED) is 0.271. The van der Waals surface area contributed by atoms with Crippen LogP contribution in [0.15, 0.2) is 30.4 Å². The van der Waals surface area contributed by atoms with Crippen molar-refractivity contribution < 1.29 is 8.78 Å². The minimum Gasteiger partial charge on any atom is -0.251 e. The Morgan fingerprint density at radius 1 is 0.839 bits per heavy atom. The monoisotopic (exact) mass is 427 g/mol. The van der Waals surface area contributed by atoms with E-state index >= 15 is 0 Å². The number of unbranched alkanes of at least 4 members (excludes halogenated alkanes) is 1. The van der Waals surface area contributed by atoms with Crippen molar-refractivity contribution in [3.8, 4) is 6.07 Å². The third-order valence-corrected chi connectivity index (χ3v) is 7.79. The number of nitrogens with zero attached hydrogens (tertiary/aromatic N) is 1. The van der Waals surface area contributed by atoms with Gasteiger partial charge in [0.2, 0.25) is 0 Å². The number of hydrogen-bond donors (Lipinski definition) is 0. The van der Waals surface area contributed by atoms with Crippen molar-refractivity contribution >= 4 is 0 Å². The Balaban J connectivity index is 1.29. The highest BCUT2D eigenvalue weighted by molar-refractivity contribution is 5.34. The molecule has 0 radical (unpaired) electrons. The fraction of sp³-hybridized carbons (Fsp3) is 0.679. The van der Waals surface area contributed by atoms with Gasteiger partial charge in [0.05, 0.1) is 12.2 Å². The molecular formula is C28H39F2N. The van der Waals surface area contributed by atoms with E-state index in [2.05, 4.69) is 12.2 Å². The highest BCUT2D eigenvalue weighted by atomic mass is 19.1. The summed E-state index contributed by atoms with van der Waals surface area (Å²) in [6.45, 7) is -0.201. The first kappa shape index (κ1) is 24.0. The average Bonchev–Trinajstić information content (AvgIpc) is 2.81. The molecule has 3 rings (SSSR count). The maximum absolute atomic E-state index is 13.9. The molecule has 2 aliphatic carbocycles. The van der Waals surface area contributed by atoms with Crippen LogP contribution < -0.4 is 0 Å². The molecule has 2 aliphatic rings. The van der Waals surface area contributed by atoms with E-state index in [1.807, 2.05) is 12.1 Å². The molecule has 2 fully saturated rings.